The van der Waals surface area contributed by atoms with Crippen LogP contribution >= 0.6 is 0 Å². The first-order valence-electron chi connectivity index (χ1n) is 7.25. The fraction of sp³-hybridized carbons (Fsp3) is 0.105. The van der Waals surface area contributed by atoms with Crippen molar-refractivity contribution < 1.29 is 23.1 Å². The number of rotatable bonds is 5. The lowest BCUT2D eigenvalue weighted by molar-refractivity contribution is 0.104. The lowest BCUT2D eigenvalue weighted by atomic mass is 10.1. The van der Waals surface area contributed by atoms with E-state index in [1.165, 1.54) is 25.3 Å². The molecular formula is C19H15FO4. The van der Waals surface area contributed by atoms with Crippen LogP contribution in [-0.4, -0.2) is 20.0 Å². The fourth-order valence-electron chi connectivity index (χ4n) is 2.37. The van der Waals surface area contributed by atoms with Gasteiger partial charge in [0.25, 0.3) is 0 Å². The molecule has 0 atom stereocenters. The Balaban J connectivity index is 1.85. The van der Waals surface area contributed by atoms with Crippen LogP contribution in [0.25, 0.3) is 17.0 Å². The van der Waals surface area contributed by atoms with Crippen LogP contribution in [0.3, 0.4) is 0 Å². The van der Waals surface area contributed by atoms with Crippen molar-refractivity contribution in [2.24, 2.45) is 0 Å². The molecule has 5 heteroatoms. The van der Waals surface area contributed by atoms with E-state index in [1.54, 1.807) is 25.3 Å². The lowest BCUT2D eigenvalue weighted by Crippen LogP contribution is -1.96. The molecule has 0 unspecified atom stereocenters. The smallest absolute Gasteiger partial charge is 0.186 e. The van der Waals surface area contributed by atoms with Gasteiger partial charge >= 0.3 is 0 Å². The van der Waals surface area contributed by atoms with Gasteiger partial charge in [0.15, 0.2) is 28.7 Å². The van der Waals surface area contributed by atoms with Crippen molar-refractivity contribution in [3.8, 4) is 11.5 Å². The summed E-state index contributed by atoms with van der Waals surface area (Å²) in [6.45, 7) is 0. The Hall–Kier alpha value is -3.08. The maximum Gasteiger partial charge on any atom is 0.186 e. The zero-order valence-corrected chi connectivity index (χ0v) is 13.2. The molecule has 1 aromatic heterocycles. The summed E-state index contributed by atoms with van der Waals surface area (Å²) in [5, 5.41) is 0.872. The van der Waals surface area contributed by atoms with Gasteiger partial charge in [-0.25, -0.2) is 4.39 Å². The minimum atomic E-state index is -0.578. The van der Waals surface area contributed by atoms with E-state index in [0.29, 0.717) is 17.1 Å². The maximum absolute atomic E-state index is 13.7. The number of hydrogen-bond acceptors (Lipinski definition) is 4. The summed E-state index contributed by atoms with van der Waals surface area (Å²) in [5.41, 5.74) is 0.848. The molecule has 0 saturated heterocycles. The monoisotopic (exact) mass is 326 g/mol. The third kappa shape index (κ3) is 3.01. The largest absolute Gasteiger partial charge is 0.494 e. The Labute approximate surface area is 138 Å². The molecule has 0 fully saturated rings. The van der Waals surface area contributed by atoms with Crippen molar-refractivity contribution in [3.05, 3.63) is 65.7 Å². The van der Waals surface area contributed by atoms with Crippen LogP contribution in [0.15, 0.2) is 53.0 Å². The molecule has 0 saturated carbocycles. The summed E-state index contributed by atoms with van der Waals surface area (Å²) in [6.07, 6.45) is 2.88. The normalized spacial score (nSPS) is 11.1. The predicted octanol–water partition coefficient (Wildman–Crippen LogP) is 4.49. The number of carbonyl (C=O) groups is 1. The number of benzene rings is 2. The van der Waals surface area contributed by atoms with E-state index in [4.69, 9.17) is 13.9 Å². The molecule has 0 spiro atoms. The molecule has 122 valence electrons. The van der Waals surface area contributed by atoms with E-state index in [0.717, 1.165) is 11.5 Å². The zero-order chi connectivity index (χ0) is 17.1. The number of para-hydroxylation sites is 1. The van der Waals surface area contributed by atoms with E-state index in [-0.39, 0.29) is 17.1 Å². The number of furan rings is 1. The number of methoxy groups -OCH3 is 2. The summed E-state index contributed by atoms with van der Waals surface area (Å²) in [7, 11) is 2.93. The maximum atomic E-state index is 13.7. The van der Waals surface area contributed by atoms with Crippen LogP contribution in [0.4, 0.5) is 4.39 Å². The standard InChI is InChI=1S/C19H15FO4/c1-22-17-9-6-12(11-15(17)20)16(21)8-7-14-10-13-4-3-5-18(23-2)19(13)24-14/h3-11H,1-2H3/b8-7+. The van der Waals surface area contributed by atoms with Crippen molar-refractivity contribution in [2.45, 2.75) is 0 Å². The molecular weight excluding hydrogens is 311 g/mol. The van der Waals surface area contributed by atoms with E-state index >= 15 is 0 Å². The van der Waals surface area contributed by atoms with E-state index < -0.39 is 5.82 Å². The molecule has 3 aromatic rings. The molecule has 0 aliphatic rings. The fourth-order valence-corrected chi connectivity index (χ4v) is 2.37. The second kappa shape index (κ2) is 6.58. The van der Waals surface area contributed by atoms with Gasteiger partial charge in [0.1, 0.15) is 5.76 Å². The summed E-state index contributed by atoms with van der Waals surface area (Å²) in [4.78, 5) is 12.1. The van der Waals surface area contributed by atoms with Gasteiger partial charge in [0.05, 0.1) is 14.2 Å². The molecule has 0 N–H and O–H groups in total. The molecule has 4 nitrogen and oxygen atoms in total. The quantitative estimate of drug-likeness (QED) is 0.512. The molecule has 0 aliphatic heterocycles. The lowest BCUT2D eigenvalue weighted by Gasteiger charge is -2.02. The third-order valence-electron chi connectivity index (χ3n) is 3.58. The minimum Gasteiger partial charge on any atom is -0.494 e. The van der Waals surface area contributed by atoms with Crippen LogP contribution in [0.2, 0.25) is 0 Å². The molecule has 24 heavy (non-hydrogen) atoms. The Bertz CT molecular complexity index is 924. The number of hydrogen-bond donors (Lipinski definition) is 0. The Morgan fingerprint density at radius 3 is 2.58 bits per heavy atom. The van der Waals surface area contributed by atoms with Crippen LogP contribution in [0.5, 0.6) is 11.5 Å². The van der Waals surface area contributed by atoms with E-state index in [2.05, 4.69) is 0 Å². The van der Waals surface area contributed by atoms with Gasteiger partial charge < -0.3 is 13.9 Å². The average molecular weight is 326 g/mol. The highest BCUT2D eigenvalue weighted by atomic mass is 19.1. The number of ether oxygens (including phenoxy) is 2. The van der Waals surface area contributed by atoms with Crippen molar-refractivity contribution >= 4 is 22.8 Å². The van der Waals surface area contributed by atoms with Gasteiger partial charge in [-0.1, -0.05) is 12.1 Å². The second-order valence-corrected chi connectivity index (χ2v) is 5.07. The van der Waals surface area contributed by atoms with Crippen LogP contribution in [0, 0.1) is 5.82 Å². The molecule has 0 bridgehead atoms. The highest BCUT2D eigenvalue weighted by Crippen LogP contribution is 2.29. The molecule has 1 heterocycles. The summed E-state index contributed by atoms with van der Waals surface area (Å²) < 4.78 is 29.4. The topological polar surface area (TPSA) is 48.7 Å². The first kappa shape index (κ1) is 15.8. The Kier molecular flexibility index (Phi) is 4.33. The van der Waals surface area contributed by atoms with E-state index in [9.17, 15) is 9.18 Å². The van der Waals surface area contributed by atoms with Gasteiger partial charge in [-0.3, -0.25) is 4.79 Å². The van der Waals surface area contributed by atoms with Crippen LogP contribution in [0.1, 0.15) is 16.1 Å². The van der Waals surface area contributed by atoms with Crippen molar-refractivity contribution in [1.29, 1.82) is 0 Å². The van der Waals surface area contributed by atoms with Gasteiger partial charge in [0, 0.05) is 10.9 Å². The first-order valence-corrected chi connectivity index (χ1v) is 7.25. The van der Waals surface area contributed by atoms with Gasteiger partial charge in [-0.05, 0) is 42.5 Å². The Morgan fingerprint density at radius 1 is 1.08 bits per heavy atom. The van der Waals surface area contributed by atoms with Gasteiger partial charge in [-0.15, -0.1) is 0 Å². The third-order valence-corrected chi connectivity index (χ3v) is 3.58. The highest BCUT2D eigenvalue weighted by Gasteiger charge is 2.09. The van der Waals surface area contributed by atoms with Gasteiger partial charge in [-0.2, -0.15) is 0 Å². The average Bonchev–Trinajstić information content (AvgIpc) is 3.02. The SMILES string of the molecule is COc1ccc(C(=O)/C=C/c2cc3cccc(OC)c3o2)cc1F. The second-order valence-electron chi connectivity index (χ2n) is 5.07. The summed E-state index contributed by atoms with van der Waals surface area (Å²) in [6, 6.07) is 11.4. The molecule has 0 amide bonds. The van der Waals surface area contributed by atoms with Crippen molar-refractivity contribution in [1.82, 2.24) is 0 Å². The van der Waals surface area contributed by atoms with Gasteiger partial charge in [0.2, 0.25) is 0 Å². The summed E-state index contributed by atoms with van der Waals surface area (Å²) in [5.74, 6) is 0.321. The molecule has 2 aromatic carbocycles. The number of ketones is 1. The van der Waals surface area contributed by atoms with Crippen LogP contribution < -0.4 is 9.47 Å². The number of fused-ring (bicyclic) bond motifs is 1. The highest BCUT2D eigenvalue weighted by molar-refractivity contribution is 6.07. The van der Waals surface area contributed by atoms with Crippen molar-refractivity contribution in [2.75, 3.05) is 14.2 Å². The van der Waals surface area contributed by atoms with E-state index in [1.807, 2.05) is 12.1 Å². The Morgan fingerprint density at radius 2 is 1.88 bits per heavy atom. The number of carbonyl (C=O) groups excluding carboxylic acids is 1. The summed E-state index contributed by atoms with van der Waals surface area (Å²) >= 11 is 0. The number of halogens is 1. The number of allylic oxidation sites excluding steroid dienone is 1. The zero-order valence-electron chi connectivity index (χ0n) is 13.2. The molecule has 3 rings (SSSR count). The molecule has 0 radical (unpaired) electrons. The molecule has 0 aliphatic carbocycles. The predicted molar refractivity (Wildman–Crippen MR) is 89.1 cm³/mol. The van der Waals surface area contributed by atoms with Crippen molar-refractivity contribution in [3.63, 3.8) is 0 Å². The first-order chi connectivity index (χ1) is 11.6. The van der Waals surface area contributed by atoms with Crippen LogP contribution in [-0.2, 0) is 0 Å². The minimum absolute atomic E-state index is 0.0971.